The van der Waals surface area contributed by atoms with Crippen molar-refractivity contribution in [3.8, 4) is 0 Å². The van der Waals surface area contributed by atoms with Crippen molar-refractivity contribution in [2.45, 2.75) is 19.0 Å². The van der Waals surface area contributed by atoms with Crippen molar-refractivity contribution in [1.82, 2.24) is 5.06 Å². The quantitative estimate of drug-likeness (QED) is 0.649. The largest absolute Gasteiger partial charge is 0.391 e. The molecule has 0 aromatic carbocycles. The normalized spacial score (nSPS) is 26.9. The molecule has 1 rings (SSSR count). The minimum Gasteiger partial charge on any atom is -0.275 e. The maximum atomic E-state index is 12.1. The van der Waals surface area contributed by atoms with Crippen LogP contribution in [0.5, 0.6) is 0 Å². The Bertz CT molecular complexity index is 223. The first kappa shape index (κ1) is 11.3. The van der Waals surface area contributed by atoms with Crippen molar-refractivity contribution in [1.29, 1.82) is 0 Å². The van der Waals surface area contributed by atoms with Crippen LogP contribution in [0.3, 0.4) is 0 Å². The summed E-state index contributed by atoms with van der Waals surface area (Å²) < 4.78 is 36.2. The lowest BCUT2D eigenvalue weighted by molar-refractivity contribution is -0.214. The molecule has 1 aliphatic rings. The molecule has 0 aromatic heterocycles. The third-order valence-corrected chi connectivity index (χ3v) is 2.53. The van der Waals surface area contributed by atoms with Crippen LogP contribution in [0.2, 0.25) is 0 Å². The number of carbonyl (C=O) groups excluding carboxylic acids is 1. The average Bonchev–Trinajstić information content (AvgIpc) is 1.97. The molecule has 1 amide bonds. The van der Waals surface area contributed by atoms with Crippen LogP contribution in [-0.2, 0) is 9.63 Å². The molecule has 1 saturated carbocycles. The fourth-order valence-electron chi connectivity index (χ4n) is 1.43. The van der Waals surface area contributed by atoms with E-state index < -0.39 is 18.0 Å². The molecule has 0 saturated heterocycles. The average molecular weight is 211 g/mol. The van der Waals surface area contributed by atoms with Gasteiger partial charge in [-0.3, -0.25) is 9.63 Å². The molecule has 0 unspecified atom stereocenters. The summed E-state index contributed by atoms with van der Waals surface area (Å²) in [5, 5.41) is 0.970. The van der Waals surface area contributed by atoms with Gasteiger partial charge in [0, 0.05) is 13.0 Å². The van der Waals surface area contributed by atoms with Crippen LogP contribution < -0.4 is 0 Å². The zero-order valence-corrected chi connectivity index (χ0v) is 7.97. The third-order valence-electron chi connectivity index (χ3n) is 2.53. The second-order valence-corrected chi connectivity index (χ2v) is 3.43. The third kappa shape index (κ3) is 2.17. The molecule has 0 N–H and O–H groups in total. The topological polar surface area (TPSA) is 29.5 Å². The summed E-state index contributed by atoms with van der Waals surface area (Å²) in [7, 11) is 2.70. The molecule has 82 valence electrons. The molecular formula is C8H12F3NO2. The van der Waals surface area contributed by atoms with Crippen molar-refractivity contribution in [2.75, 3.05) is 14.2 Å². The number of amides is 1. The molecule has 0 spiro atoms. The van der Waals surface area contributed by atoms with Crippen LogP contribution in [0.15, 0.2) is 0 Å². The molecule has 6 heteroatoms. The molecule has 3 nitrogen and oxygen atoms in total. The predicted molar refractivity (Wildman–Crippen MR) is 42.0 cm³/mol. The summed E-state index contributed by atoms with van der Waals surface area (Å²) in [5.74, 6) is -2.23. The van der Waals surface area contributed by atoms with E-state index >= 15 is 0 Å². The van der Waals surface area contributed by atoms with E-state index in [2.05, 4.69) is 4.84 Å². The van der Waals surface area contributed by atoms with Crippen LogP contribution in [0.4, 0.5) is 13.2 Å². The van der Waals surface area contributed by atoms with Gasteiger partial charge in [0.2, 0.25) is 5.91 Å². The summed E-state index contributed by atoms with van der Waals surface area (Å²) in [5.41, 5.74) is 0. The van der Waals surface area contributed by atoms with E-state index in [9.17, 15) is 18.0 Å². The Morgan fingerprint density at radius 3 is 2.29 bits per heavy atom. The van der Waals surface area contributed by atoms with Crippen molar-refractivity contribution in [3.05, 3.63) is 0 Å². The zero-order valence-electron chi connectivity index (χ0n) is 7.97. The smallest absolute Gasteiger partial charge is 0.275 e. The Morgan fingerprint density at radius 2 is 1.93 bits per heavy atom. The first-order valence-corrected chi connectivity index (χ1v) is 4.24. The molecule has 1 aliphatic carbocycles. The van der Waals surface area contributed by atoms with Crippen LogP contribution in [0.1, 0.15) is 12.8 Å². The maximum Gasteiger partial charge on any atom is 0.391 e. The SMILES string of the molecule is CON(C)C(=O)C1CC(C(F)(F)F)C1. The van der Waals surface area contributed by atoms with Gasteiger partial charge < -0.3 is 0 Å². The molecule has 0 heterocycles. The number of hydrogen-bond acceptors (Lipinski definition) is 2. The van der Waals surface area contributed by atoms with Gasteiger partial charge in [-0.05, 0) is 12.8 Å². The van der Waals surface area contributed by atoms with Gasteiger partial charge in [-0.1, -0.05) is 0 Å². The van der Waals surface area contributed by atoms with Gasteiger partial charge in [-0.25, -0.2) is 5.06 Å². The Labute approximate surface area is 79.8 Å². The molecule has 0 atom stereocenters. The summed E-state index contributed by atoms with van der Waals surface area (Å²) in [4.78, 5) is 15.9. The monoisotopic (exact) mass is 211 g/mol. The Kier molecular flexibility index (Phi) is 3.04. The highest BCUT2D eigenvalue weighted by Gasteiger charge is 2.50. The van der Waals surface area contributed by atoms with Gasteiger partial charge >= 0.3 is 6.18 Å². The minimum absolute atomic E-state index is 0.115. The fraction of sp³-hybridized carbons (Fsp3) is 0.875. The molecule has 14 heavy (non-hydrogen) atoms. The number of rotatable bonds is 2. The number of hydroxylamine groups is 2. The van der Waals surface area contributed by atoms with E-state index in [1.165, 1.54) is 14.2 Å². The Balaban J connectivity index is 2.38. The number of hydrogen-bond donors (Lipinski definition) is 0. The van der Waals surface area contributed by atoms with Crippen LogP contribution in [0.25, 0.3) is 0 Å². The van der Waals surface area contributed by atoms with Crippen LogP contribution in [0, 0.1) is 11.8 Å². The van der Waals surface area contributed by atoms with Gasteiger partial charge in [-0.2, -0.15) is 13.2 Å². The highest BCUT2D eigenvalue weighted by Crippen LogP contribution is 2.45. The van der Waals surface area contributed by atoms with E-state index in [1.54, 1.807) is 0 Å². The van der Waals surface area contributed by atoms with Crippen molar-refractivity contribution >= 4 is 5.91 Å². The molecule has 0 bridgehead atoms. The van der Waals surface area contributed by atoms with Crippen molar-refractivity contribution in [3.63, 3.8) is 0 Å². The van der Waals surface area contributed by atoms with Gasteiger partial charge in [0.1, 0.15) is 0 Å². The first-order valence-electron chi connectivity index (χ1n) is 4.24. The van der Waals surface area contributed by atoms with Crippen molar-refractivity contribution in [2.24, 2.45) is 11.8 Å². The summed E-state index contributed by atoms with van der Waals surface area (Å²) >= 11 is 0. The molecule has 0 radical (unpaired) electrons. The van der Waals surface area contributed by atoms with E-state index in [4.69, 9.17) is 0 Å². The molecule has 0 aromatic rings. The standard InChI is InChI=1S/C8H12F3NO2/c1-12(14-2)7(13)5-3-6(4-5)8(9,10)11/h5-6H,3-4H2,1-2H3. The summed E-state index contributed by atoms with van der Waals surface area (Å²) in [6.45, 7) is 0. The number of halogens is 3. The van der Waals surface area contributed by atoms with E-state index in [1.807, 2.05) is 0 Å². The van der Waals surface area contributed by atoms with E-state index in [0.29, 0.717) is 0 Å². The minimum atomic E-state index is -4.16. The van der Waals surface area contributed by atoms with Gasteiger partial charge in [0.05, 0.1) is 13.0 Å². The first-order chi connectivity index (χ1) is 6.36. The van der Waals surface area contributed by atoms with Gasteiger partial charge in [0.15, 0.2) is 0 Å². The van der Waals surface area contributed by atoms with E-state index in [-0.39, 0.29) is 18.7 Å². The Hall–Kier alpha value is -0.780. The van der Waals surface area contributed by atoms with Crippen LogP contribution >= 0.6 is 0 Å². The highest BCUT2D eigenvalue weighted by atomic mass is 19.4. The highest BCUT2D eigenvalue weighted by molar-refractivity contribution is 5.78. The number of alkyl halides is 3. The Morgan fingerprint density at radius 1 is 1.43 bits per heavy atom. The zero-order chi connectivity index (χ0) is 10.9. The second kappa shape index (κ2) is 3.76. The van der Waals surface area contributed by atoms with Gasteiger partial charge in [-0.15, -0.1) is 0 Å². The van der Waals surface area contributed by atoms with Crippen molar-refractivity contribution < 1.29 is 22.8 Å². The second-order valence-electron chi connectivity index (χ2n) is 3.43. The van der Waals surface area contributed by atoms with Gasteiger partial charge in [0.25, 0.3) is 0 Å². The lowest BCUT2D eigenvalue weighted by Gasteiger charge is -2.36. The molecule has 0 aliphatic heterocycles. The molecule has 1 fully saturated rings. The number of nitrogens with zero attached hydrogens (tertiary/aromatic N) is 1. The molecular weight excluding hydrogens is 199 g/mol. The van der Waals surface area contributed by atoms with E-state index in [0.717, 1.165) is 5.06 Å². The summed E-state index contributed by atoms with van der Waals surface area (Å²) in [6, 6.07) is 0. The lowest BCUT2D eigenvalue weighted by Crippen LogP contribution is -2.44. The maximum absolute atomic E-state index is 12.1. The predicted octanol–water partition coefficient (Wildman–Crippen LogP) is 1.59. The lowest BCUT2D eigenvalue weighted by atomic mass is 9.74. The fourth-order valence-corrected chi connectivity index (χ4v) is 1.43. The van der Waals surface area contributed by atoms with Crippen LogP contribution in [-0.4, -0.2) is 31.3 Å². The number of carbonyl (C=O) groups is 1. The summed E-state index contributed by atoms with van der Waals surface area (Å²) in [6.07, 6.45) is -4.39.